The van der Waals surface area contributed by atoms with E-state index in [1.165, 1.54) is 23.4 Å². The Morgan fingerprint density at radius 2 is 2.17 bits per heavy atom. The Labute approximate surface area is 165 Å². The van der Waals surface area contributed by atoms with Gasteiger partial charge < -0.3 is 14.9 Å². The zero-order valence-corrected chi connectivity index (χ0v) is 15.6. The summed E-state index contributed by atoms with van der Waals surface area (Å²) in [6.45, 7) is 0.0498. The molecule has 0 bridgehead atoms. The minimum Gasteiger partial charge on any atom is -0.394 e. The molecule has 4 rings (SSSR count). The second-order valence-electron chi connectivity index (χ2n) is 6.95. The van der Waals surface area contributed by atoms with Crippen LogP contribution in [-0.4, -0.2) is 58.9 Å². The third-order valence-electron chi connectivity index (χ3n) is 5.03. The van der Waals surface area contributed by atoms with E-state index >= 15 is 0 Å². The van der Waals surface area contributed by atoms with E-state index in [0.717, 1.165) is 0 Å². The zero-order valence-electron chi connectivity index (χ0n) is 15.6. The van der Waals surface area contributed by atoms with Gasteiger partial charge in [-0.25, -0.2) is 9.97 Å². The van der Waals surface area contributed by atoms with Gasteiger partial charge in [0.15, 0.2) is 16.9 Å². The summed E-state index contributed by atoms with van der Waals surface area (Å²) in [6.07, 6.45) is 5.05. The molecular formula is C19H21N5O5. The van der Waals surface area contributed by atoms with Crippen molar-refractivity contribution in [3.05, 3.63) is 53.1 Å². The van der Waals surface area contributed by atoms with Gasteiger partial charge in [-0.2, -0.15) is 0 Å². The van der Waals surface area contributed by atoms with Crippen molar-refractivity contribution in [3.63, 3.8) is 0 Å². The number of ether oxygens (including phenoxy) is 1. The lowest BCUT2D eigenvalue weighted by molar-refractivity contribution is -0.0432. The lowest BCUT2D eigenvalue weighted by atomic mass is 10.1. The molecule has 0 spiro atoms. The molecule has 1 fully saturated rings. The van der Waals surface area contributed by atoms with Crippen LogP contribution < -0.4 is 5.56 Å². The molecule has 4 heterocycles. The number of fused-ring (bicyclic) bond motifs is 1. The van der Waals surface area contributed by atoms with Crippen LogP contribution in [0.5, 0.6) is 0 Å². The van der Waals surface area contributed by atoms with Gasteiger partial charge in [-0.3, -0.25) is 23.7 Å². The number of ketones is 1. The number of rotatable bonds is 7. The standard InChI is InChI=1S/C19H21N5O5/c25-9-15-14(27)7-16(29-15)24-11-21-17-18(24)22-10-23(19(17)28)6-2-4-13(26)12-3-1-5-20-8-12/h1,3,5,8,10-11,14-16,25,27H,2,4,6-7,9H2. The highest BCUT2D eigenvalue weighted by atomic mass is 16.5. The van der Waals surface area contributed by atoms with Crippen molar-refractivity contribution in [2.45, 2.75) is 44.2 Å². The maximum absolute atomic E-state index is 12.7. The molecule has 0 amide bonds. The molecule has 152 valence electrons. The number of nitrogens with zero attached hydrogens (tertiary/aromatic N) is 5. The number of aromatic nitrogens is 5. The lowest BCUT2D eigenvalue weighted by Gasteiger charge is -2.13. The fraction of sp³-hybridized carbons (Fsp3) is 0.421. The predicted molar refractivity (Wildman–Crippen MR) is 101 cm³/mol. The summed E-state index contributed by atoms with van der Waals surface area (Å²) < 4.78 is 8.63. The van der Waals surface area contributed by atoms with E-state index in [1.807, 2.05) is 0 Å². The van der Waals surface area contributed by atoms with Crippen molar-refractivity contribution < 1.29 is 19.7 Å². The first-order valence-electron chi connectivity index (χ1n) is 9.38. The average molecular weight is 399 g/mol. The molecule has 1 aliphatic rings. The number of aliphatic hydroxyl groups excluding tert-OH is 2. The summed E-state index contributed by atoms with van der Waals surface area (Å²) in [6, 6.07) is 3.42. The zero-order chi connectivity index (χ0) is 20.4. The molecule has 3 aromatic heterocycles. The van der Waals surface area contributed by atoms with Gasteiger partial charge in [0, 0.05) is 37.3 Å². The largest absolute Gasteiger partial charge is 0.394 e. The van der Waals surface area contributed by atoms with Crippen molar-refractivity contribution >= 4 is 16.9 Å². The summed E-state index contributed by atoms with van der Waals surface area (Å²) in [4.78, 5) is 37.3. The average Bonchev–Trinajstić information content (AvgIpc) is 3.33. The third kappa shape index (κ3) is 3.82. The SMILES string of the molecule is O=C(CCCn1cnc2c(ncn2C2CC(O)C(CO)O2)c1=O)c1cccnc1. The van der Waals surface area contributed by atoms with Crippen LogP contribution >= 0.6 is 0 Å². The maximum atomic E-state index is 12.7. The van der Waals surface area contributed by atoms with Crippen molar-refractivity contribution in [2.75, 3.05) is 6.61 Å². The number of imidazole rings is 1. The van der Waals surface area contributed by atoms with Crippen LogP contribution in [0.3, 0.4) is 0 Å². The number of hydrogen-bond donors (Lipinski definition) is 2. The molecule has 3 atom stereocenters. The van der Waals surface area contributed by atoms with Crippen molar-refractivity contribution in [1.82, 2.24) is 24.1 Å². The highest BCUT2D eigenvalue weighted by Gasteiger charge is 2.35. The predicted octanol–water partition coefficient (Wildman–Crippen LogP) is 0.292. The van der Waals surface area contributed by atoms with Crippen LogP contribution in [0.15, 0.2) is 42.0 Å². The molecule has 0 aliphatic carbocycles. The Hall–Kier alpha value is -2.95. The summed E-state index contributed by atoms with van der Waals surface area (Å²) in [5, 5.41) is 19.2. The summed E-state index contributed by atoms with van der Waals surface area (Å²) in [5.74, 6) is -0.0279. The normalized spacial score (nSPS) is 21.7. The summed E-state index contributed by atoms with van der Waals surface area (Å²) >= 11 is 0. The first-order valence-corrected chi connectivity index (χ1v) is 9.38. The van der Waals surface area contributed by atoms with Gasteiger partial charge in [0.2, 0.25) is 0 Å². The van der Waals surface area contributed by atoms with Crippen molar-refractivity contribution in [2.24, 2.45) is 0 Å². The Morgan fingerprint density at radius 1 is 1.31 bits per heavy atom. The maximum Gasteiger partial charge on any atom is 0.281 e. The van der Waals surface area contributed by atoms with Crippen LogP contribution in [0.4, 0.5) is 0 Å². The van der Waals surface area contributed by atoms with E-state index in [1.54, 1.807) is 22.9 Å². The Morgan fingerprint density at radius 3 is 2.90 bits per heavy atom. The van der Waals surface area contributed by atoms with Gasteiger partial charge in [-0.05, 0) is 18.6 Å². The number of aryl methyl sites for hydroxylation is 1. The van der Waals surface area contributed by atoms with Crippen molar-refractivity contribution in [1.29, 1.82) is 0 Å². The summed E-state index contributed by atoms with van der Waals surface area (Å²) in [5.41, 5.74) is 0.789. The molecule has 1 saturated heterocycles. The number of carbonyl (C=O) groups excluding carboxylic acids is 1. The molecule has 2 N–H and O–H groups in total. The smallest absolute Gasteiger partial charge is 0.281 e. The Bertz CT molecular complexity index is 1060. The van der Waals surface area contributed by atoms with Gasteiger partial charge in [0.25, 0.3) is 5.56 Å². The second kappa shape index (κ2) is 8.19. The first-order chi connectivity index (χ1) is 14.1. The second-order valence-corrected chi connectivity index (χ2v) is 6.95. The quantitative estimate of drug-likeness (QED) is 0.542. The molecule has 10 nitrogen and oxygen atoms in total. The van der Waals surface area contributed by atoms with Gasteiger partial charge in [0.1, 0.15) is 18.7 Å². The van der Waals surface area contributed by atoms with E-state index in [-0.39, 0.29) is 29.9 Å². The fourth-order valence-electron chi connectivity index (χ4n) is 3.45. The van der Waals surface area contributed by atoms with Crippen LogP contribution in [0.25, 0.3) is 11.2 Å². The highest BCUT2D eigenvalue weighted by Crippen LogP contribution is 2.30. The molecule has 1 aliphatic heterocycles. The number of Topliss-reactive ketones (excluding diaryl/α,β-unsaturated/α-hetero) is 1. The van der Waals surface area contributed by atoms with Crippen molar-refractivity contribution in [3.8, 4) is 0 Å². The van der Waals surface area contributed by atoms with E-state index in [2.05, 4.69) is 15.0 Å². The Kier molecular flexibility index (Phi) is 5.47. The first kappa shape index (κ1) is 19.4. The molecule has 0 aromatic carbocycles. The Balaban J connectivity index is 1.46. The van der Waals surface area contributed by atoms with Crippen LogP contribution in [0.2, 0.25) is 0 Å². The van der Waals surface area contributed by atoms with Gasteiger partial charge >= 0.3 is 0 Å². The minimum absolute atomic E-state index is 0.0279. The van der Waals surface area contributed by atoms with E-state index < -0.39 is 18.4 Å². The summed E-state index contributed by atoms with van der Waals surface area (Å²) in [7, 11) is 0. The molecule has 0 saturated carbocycles. The fourth-order valence-corrected chi connectivity index (χ4v) is 3.45. The number of carbonyl (C=O) groups is 1. The van der Waals surface area contributed by atoms with Gasteiger partial charge in [0.05, 0.1) is 19.0 Å². The molecule has 0 radical (unpaired) electrons. The number of pyridine rings is 1. The topological polar surface area (TPSA) is 132 Å². The molecular weight excluding hydrogens is 378 g/mol. The number of aliphatic hydroxyl groups is 2. The monoisotopic (exact) mass is 399 g/mol. The van der Waals surface area contributed by atoms with E-state index in [9.17, 15) is 19.8 Å². The van der Waals surface area contributed by atoms with Gasteiger partial charge in [-0.1, -0.05) is 0 Å². The molecule has 29 heavy (non-hydrogen) atoms. The number of hydrogen-bond acceptors (Lipinski definition) is 8. The van der Waals surface area contributed by atoms with Crippen LogP contribution in [-0.2, 0) is 11.3 Å². The van der Waals surface area contributed by atoms with Crippen LogP contribution in [0, 0.1) is 0 Å². The minimum atomic E-state index is -0.792. The third-order valence-corrected chi connectivity index (χ3v) is 5.03. The van der Waals surface area contributed by atoms with Gasteiger partial charge in [-0.15, -0.1) is 0 Å². The lowest BCUT2D eigenvalue weighted by Crippen LogP contribution is -2.24. The molecule has 3 aromatic rings. The molecule has 10 heteroatoms. The van der Waals surface area contributed by atoms with Crippen LogP contribution in [0.1, 0.15) is 35.8 Å². The molecule has 3 unspecified atom stereocenters. The van der Waals surface area contributed by atoms with E-state index in [0.29, 0.717) is 30.6 Å². The highest BCUT2D eigenvalue weighted by molar-refractivity contribution is 5.95. The van der Waals surface area contributed by atoms with E-state index in [4.69, 9.17) is 4.74 Å².